The minimum atomic E-state index is -2.71. The number of fused-ring (bicyclic) bond motifs is 1. The minimum Gasteiger partial charge on any atom is -0.478 e. The molecule has 3 rings (SSSR count). The Hall–Kier alpha value is -2.17. The lowest BCUT2D eigenvalue weighted by atomic mass is 9.81. The number of rotatable bonds is 4. The highest BCUT2D eigenvalue weighted by atomic mass is 35.5. The molecule has 0 aliphatic heterocycles. The van der Waals surface area contributed by atoms with Gasteiger partial charge in [-0.15, -0.1) is 0 Å². The molecule has 0 saturated carbocycles. The first kappa shape index (κ1) is 20.6. The number of carboxylic acids is 1. The summed E-state index contributed by atoms with van der Waals surface area (Å²) >= 11 is 12.4. The molecular weight excluding hydrogens is 405 g/mol. The van der Waals surface area contributed by atoms with E-state index in [0.29, 0.717) is 33.7 Å². The fourth-order valence-corrected chi connectivity index (χ4v) is 4.03. The molecule has 6 heteroatoms. The van der Waals surface area contributed by atoms with Crippen LogP contribution in [0.15, 0.2) is 54.1 Å². The van der Waals surface area contributed by atoms with Gasteiger partial charge in [-0.1, -0.05) is 60.5 Å². The number of aliphatic carboxylic acids is 1. The Morgan fingerprint density at radius 3 is 2.61 bits per heavy atom. The summed E-state index contributed by atoms with van der Waals surface area (Å²) in [6.45, 7) is 1.85. The number of carbonyl (C=O) groups is 1. The minimum absolute atomic E-state index is 0.0514. The van der Waals surface area contributed by atoms with Crippen LogP contribution in [-0.2, 0) is 11.2 Å². The van der Waals surface area contributed by atoms with Gasteiger partial charge in [-0.05, 0) is 52.8 Å². The van der Waals surface area contributed by atoms with Gasteiger partial charge in [0, 0.05) is 22.0 Å². The van der Waals surface area contributed by atoms with E-state index < -0.39 is 12.4 Å². The number of allylic oxidation sites excluding steroid dienone is 2. The van der Waals surface area contributed by atoms with Crippen LogP contribution in [0.3, 0.4) is 0 Å². The van der Waals surface area contributed by atoms with Crippen molar-refractivity contribution in [2.75, 3.05) is 0 Å². The highest BCUT2D eigenvalue weighted by molar-refractivity contribution is 6.31. The molecule has 0 bridgehead atoms. The molecule has 2 nitrogen and oxygen atoms in total. The third-order valence-corrected chi connectivity index (χ3v) is 5.47. The predicted octanol–water partition coefficient (Wildman–Crippen LogP) is 7.08. The lowest BCUT2D eigenvalue weighted by Crippen LogP contribution is -2.12. The van der Waals surface area contributed by atoms with E-state index in [2.05, 4.69) is 0 Å². The fraction of sp³-hybridized carbons (Fsp3) is 0.227. The van der Waals surface area contributed by atoms with Crippen LogP contribution in [0.25, 0.3) is 5.57 Å². The van der Waals surface area contributed by atoms with E-state index >= 15 is 0 Å². The van der Waals surface area contributed by atoms with Crippen LogP contribution in [0.2, 0.25) is 10.0 Å². The van der Waals surface area contributed by atoms with Crippen molar-refractivity contribution < 1.29 is 18.7 Å². The number of benzene rings is 2. The lowest BCUT2D eigenvalue weighted by Gasteiger charge is -2.25. The Kier molecular flexibility index (Phi) is 6.21. The molecule has 0 amide bonds. The van der Waals surface area contributed by atoms with Crippen LogP contribution >= 0.6 is 23.2 Å². The Morgan fingerprint density at radius 2 is 1.96 bits per heavy atom. The average Bonchev–Trinajstić information content (AvgIpc) is 2.63. The zero-order chi connectivity index (χ0) is 20.4. The van der Waals surface area contributed by atoms with Crippen molar-refractivity contribution >= 4 is 34.7 Å². The largest absolute Gasteiger partial charge is 0.478 e. The van der Waals surface area contributed by atoms with E-state index in [1.807, 2.05) is 6.92 Å². The van der Waals surface area contributed by atoms with Crippen molar-refractivity contribution in [1.29, 1.82) is 0 Å². The number of hydrogen-bond donors (Lipinski definition) is 1. The highest BCUT2D eigenvalue weighted by Gasteiger charge is 2.27. The zero-order valence-electron chi connectivity index (χ0n) is 15.1. The van der Waals surface area contributed by atoms with Crippen LogP contribution in [0.5, 0.6) is 0 Å². The molecule has 1 unspecified atom stereocenters. The number of carboxylic acid groups (broad SMARTS) is 1. The van der Waals surface area contributed by atoms with Crippen molar-refractivity contribution in [3.05, 3.63) is 86.4 Å². The van der Waals surface area contributed by atoms with Crippen LogP contribution < -0.4 is 0 Å². The summed E-state index contributed by atoms with van der Waals surface area (Å²) in [6.07, 6.45) is 1.18. The van der Waals surface area contributed by atoms with Gasteiger partial charge in [-0.25, -0.2) is 13.6 Å². The fourth-order valence-electron chi connectivity index (χ4n) is 3.60. The van der Waals surface area contributed by atoms with Crippen molar-refractivity contribution in [3.63, 3.8) is 0 Å². The SMILES string of the molecule is CC1CC=C/C(C(=O)O)=C(/Cc2ccccc2Cl)c2cc(Cl)cc(C(F)F)c21. The third kappa shape index (κ3) is 4.13. The zero-order valence-corrected chi connectivity index (χ0v) is 16.6. The topological polar surface area (TPSA) is 37.3 Å². The average molecular weight is 423 g/mol. The molecule has 2 aromatic carbocycles. The van der Waals surface area contributed by atoms with Gasteiger partial charge < -0.3 is 5.11 Å². The first-order valence-electron chi connectivity index (χ1n) is 8.77. The van der Waals surface area contributed by atoms with E-state index in [4.69, 9.17) is 23.2 Å². The summed E-state index contributed by atoms with van der Waals surface area (Å²) in [6, 6.07) is 9.92. The van der Waals surface area contributed by atoms with Crippen LogP contribution in [0.1, 0.15) is 47.9 Å². The Labute approximate surface area is 172 Å². The Balaban J connectivity index is 2.34. The number of halogens is 4. The maximum atomic E-state index is 13.8. The summed E-state index contributed by atoms with van der Waals surface area (Å²) < 4.78 is 27.6. The second-order valence-electron chi connectivity index (χ2n) is 6.76. The predicted molar refractivity (Wildman–Crippen MR) is 108 cm³/mol. The molecule has 1 aliphatic carbocycles. The van der Waals surface area contributed by atoms with Crippen molar-refractivity contribution in [2.24, 2.45) is 0 Å². The second kappa shape index (κ2) is 8.46. The molecule has 1 atom stereocenters. The molecule has 0 spiro atoms. The third-order valence-electron chi connectivity index (χ3n) is 4.88. The van der Waals surface area contributed by atoms with Gasteiger partial charge >= 0.3 is 5.97 Å². The molecule has 2 aromatic rings. The van der Waals surface area contributed by atoms with Crippen LogP contribution in [-0.4, -0.2) is 11.1 Å². The lowest BCUT2D eigenvalue weighted by molar-refractivity contribution is -0.132. The van der Waals surface area contributed by atoms with E-state index in [9.17, 15) is 18.7 Å². The summed E-state index contributed by atoms with van der Waals surface area (Å²) in [5, 5.41) is 10.4. The monoisotopic (exact) mass is 422 g/mol. The summed E-state index contributed by atoms with van der Waals surface area (Å²) in [5.41, 5.74) is 1.90. The van der Waals surface area contributed by atoms with Crippen molar-refractivity contribution in [1.82, 2.24) is 0 Å². The normalized spacial score (nSPS) is 19.3. The molecule has 0 fully saturated rings. The molecule has 1 N–H and O–H groups in total. The summed E-state index contributed by atoms with van der Waals surface area (Å²) in [5.74, 6) is -1.35. The van der Waals surface area contributed by atoms with Crippen LogP contribution in [0.4, 0.5) is 8.78 Å². The maximum absolute atomic E-state index is 13.8. The van der Waals surface area contributed by atoms with Gasteiger partial charge in [0.15, 0.2) is 0 Å². The molecule has 146 valence electrons. The maximum Gasteiger partial charge on any atom is 0.335 e. The molecule has 0 aromatic heterocycles. The number of alkyl halides is 2. The van der Waals surface area contributed by atoms with Gasteiger partial charge in [-0.3, -0.25) is 0 Å². The highest BCUT2D eigenvalue weighted by Crippen LogP contribution is 2.41. The summed E-state index contributed by atoms with van der Waals surface area (Å²) in [4.78, 5) is 12.0. The van der Waals surface area contributed by atoms with E-state index in [1.165, 1.54) is 12.1 Å². The van der Waals surface area contributed by atoms with Gasteiger partial charge in [0.2, 0.25) is 0 Å². The first-order chi connectivity index (χ1) is 13.3. The van der Waals surface area contributed by atoms with Gasteiger partial charge in [0.1, 0.15) is 0 Å². The molecule has 0 heterocycles. The molecular formula is C22H18Cl2F2O2. The first-order valence-corrected chi connectivity index (χ1v) is 9.53. The van der Waals surface area contributed by atoms with Crippen LogP contribution in [0, 0.1) is 0 Å². The molecule has 0 saturated heterocycles. The van der Waals surface area contributed by atoms with Gasteiger partial charge in [-0.2, -0.15) is 0 Å². The van der Waals surface area contributed by atoms with Crippen molar-refractivity contribution in [2.45, 2.75) is 32.1 Å². The van der Waals surface area contributed by atoms with Gasteiger partial charge in [0.25, 0.3) is 6.43 Å². The summed E-state index contributed by atoms with van der Waals surface area (Å²) in [7, 11) is 0. The van der Waals surface area contributed by atoms with E-state index in [0.717, 1.165) is 0 Å². The Bertz CT molecular complexity index is 980. The van der Waals surface area contributed by atoms with Gasteiger partial charge in [0.05, 0.1) is 5.57 Å². The molecule has 1 aliphatic rings. The number of hydrogen-bond acceptors (Lipinski definition) is 1. The van der Waals surface area contributed by atoms with Crippen molar-refractivity contribution in [3.8, 4) is 0 Å². The van der Waals surface area contributed by atoms with E-state index in [1.54, 1.807) is 36.4 Å². The second-order valence-corrected chi connectivity index (χ2v) is 7.61. The smallest absolute Gasteiger partial charge is 0.335 e. The molecule has 0 radical (unpaired) electrons. The standard InChI is InChI=1S/C22H18Cl2F2O2/c1-12-5-4-7-15(22(27)28)16(9-13-6-2-3-8-19(13)24)17-10-14(23)11-18(20(12)17)21(25)26/h2-4,6-8,10-12,21H,5,9H2,1H3,(H,27,28)/b7-4?,16-15+. The molecule has 28 heavy (non-hydrogen) atoms. The van der Waals surface area contributed by atoms with E-state index in [-0.39, 0.29) is 28.5 Å². The quantitative estimate of drug-likeness (QED) is 0.571. The Morgan fingerprint density at radius 1 is 1.25 bits per heavy atom.